The second-order valence-electron chi connectivity index (χ2n) is 6.02. The fourth-order valence-corrected chi connectivity index (χ4v) is 3.52. The third-order valence-corrected chi connectivity index (χ3v) is 5.71. The summed E-state index contributed by atoms with van der Waals surface area (Å²) >= 11 is 8.57. The molecule has 1 aliphatic carbocycles. The molecule has 0 bridgehead atoms. The first-order valence-corrected chi connectivity index (χ1v) is 8.68. The highest BCUT2D eigenvalue weighted by molar-refractivity contribution is 14.1. The van der Waals surface area contributed by atoms with Crippen LogP contribution >= 0.6 is 34.2 Å². The molecule has 0 saturated heterocycles. The van der Waals surface area contributed by atoms with E-state index in [-0.39, 0.29) is 0 Å². The van der Waals surface area contributed by atoms with Crippen LogP contribution in [0.5, 0.6) is 0 Å². The van der Waals surface area contributed by atoms with Crippen molar-refractivity contribution in [2.75, 3.05) is 0 Å². The third-order valence-electron chi connectivity index (χ3n) is 3.98. The first kappa shape index (κ1) is 15.5. The minimum Gasteiger partial charge on any atom is -0.236 e. The highest BCUT2D eigenvalue weighted by atomic mass is 127. The van der Waals surface area contributed by atoms with Crippen molar-refractivity contribution in [1.82, 2.24) is 9.97 Å². The number of rotatable bonds is 4. The third kappa shape index (κ3) is 3.81. The lowest BCUT2D eigenvalue weighted by atomic mass is 10.0. The van der Waals surface area contributed by atoms with Gasteiger partial charge in [-0.3, -0.25) is 0 Å². The molecule has 2 unspecified atom stereocenters. The predicted octanol–water partition coefficient (Wildman–Crippen LogP) is 5.23. The van der Waals surface area contributed by atoms with Gasteiger partial charge in [-0.05, 0) is 60.1 Å². The molecule has 2 nitrogen and oxygen atoms in total. The quantitative estimate of drug-likeness (QED) is 0.518. The lowest BCUT2D eigenvalue weighted by molar-refractivity contribution is 0.515. The number of aromatic nitrogens is 2. The van der Waals surface area contributed by atoms with E-state index in [1.807, 2.05) is 0 Å². The lowest BCUT2D eigenvalue weighted by Crippen LogP contribution is -2.09. The molecule has 4 heteroatoms. The highest BCUT2D eigenvalue weighted by Gasteiger charge is 2.27. The molecule has 0 amide bonds. The normalized spacial score (nSPS) is 23.3. The Kier molecular flexibility index (Phi) is 5.46. The summed E-state index contributed by atoms with van der Waals surface area (Å²) in [5.41, 5.74) is 1.13. The summed E-state index contributed by atoms with van der Waals surface area (Å²) in [5.74, 6) is 2.95. The SMILES string of the molecule is CCC1CCC(c2nc(Cl)c(I)c(CC(C)C)n2)C1. The van der Waals surface area contributed by atoms with Gasteiger partial charge in [0.1, 0.15) is 11.0 Å². The van der Waals surface area contributed by atoms with Gasteiger partial charge in [-0.2, -0.15) is 0 Å². The fraction of sp³-hybridized carbons (Fsp3) is 0.733. The number of halogens is 2. The number of nitrogens with zero attached hydrogens (tertiary/aromatic N) is 2. The maximum Gasteiger partial charge on any atom is 0.146 e. The molecule has 1 saturated carbocycles. The second kappa shape index (κ2) is 6.70. The molecule has 106 valence electrons. The van der Waals surface area contributed by atoms with E-state index in [1.54, 1.807) is 0 Å². The van der Waals surface area contributed by atoms with Crippen LogP contribution in [-0.2, 0) is 6.42 Å². The number of hydrogen-bond donors (Lipinski definition) is 0. The van der Waals surface area contributed by atoms with Crippen LogP contribution in [0.1, 0.15) is 63.9 Å². The summed E-state index contributed by atoms with van der Waals surface area (Å²) in [4.78, 5) is 9.36. The molecule has 0 aromatic carbocycles. The van der Waals surface area contributed by atoms with Gasteiger partial charge >= 0.3 is 0 Å². The van der Waals surface area contributed by atoms with Crippen molar-refractivity contribution < 1.29 is 0 Å². The van der Waals surface area contributed by atoms with E-state index in [2.05, 4.69) is 48.3 Å². The number of hydrogen-bond acceptors (Lipinski definition) is 2. The lowest BCUT2D eigenvalue weighted by Gasteiger charge is -2.14. The molecule has 2 atom stereocenters. The van der Waals surface area contributed by atoms with Crippen LogP contribution in [0, 0.1) is 15.4 Å². The van der Waals surface area contributed by atoms with E-state index in [9.17, 15) is 0 Å². The predicted molar refractivity (Wildman–Crippen MR) is 88.7 cm³/mol. The molecular weight excluding hydrogens is 371 g/mol. The van der Waals surface area contributed by atoms with Crippen LogP contribution in [0.2, 0.25) is 5.15 Å². The zero-order valence-corrected chi connectivity index (χ0v) is 14.8. The van der Waals surface area contributed by atoms with Gasteiger partial charge in [0.15, 0.2) is 0 Å². The van der Waals surface area contributed by atoms with Gasteiger partial charge in [0.2, 0.25) is 0 Å². The Labute approximate surface area is 134 Å². The maximum absolute atomic E-state index is 6.29. The summed E-state index contributed by atoms with van der Waals surface area (Å²) in [6.45, 7) is 6.71. The first-order valence-electron chi connectivity index (χ1n) is 7.23. The van der Waals surface area contributed by atoms with E-state index >= 15 is 0 Å². The average Bonchev–Trinajstić information content (AvgIpc) is 2.82. The van der Waals surface area contributed by atoms with Crippen LogP contribution in [0.25, 0.3) is 0 Å². The Morgan fingerprint density at radius 3 is 2.63 bits per heavy atom. The molecule has 0 radical (unpaired) electrons. The molecule has 0 spiro atoms. The van der Waals surface area contributed by atoms with Crippen molar-refractivity contribution in [2.45, 2.75) is 58.8 Å². The topological polar surface area (TPSA) is 25.8 Å². The standard InChI is InChI=1S/C15H22ClIN2/c1-4-10-5-6-11(8-10)15-18-12(7-9(2)3)13(17)14(16)19-15/h9-11H,4-8H2,1-3H3. The highest BCUT2D eigenvalue weighted by Crippen LogP contribution is 2.39. The Morgan fingerprint density at radius 2 is 2.05 bits per heavy atom. The zero-order valence-electron chi connectivity index (χ0n) is 11.9. The van der Waals surface area contributed by atoms with E-state index in [4.69, 9.17) is 16.6 Å². The first-order chi connectivity index (χ1) is 9.01. The van der Waals surface area contributed by atoms with E-state index in [0.717, 1.165) is 27.4 Å². The molecule has 1 fully saturated rings. The molecule has 1 aliphatic rings. The Hall–Kier alpha value is 0.1000. The Morgan fingerprint density at radius 1 is 1.32 bits per heavy atom. The van der Waals surface area contributed by atoms with Crippen LogP contribution in [0.15, 0.2) is 0 Å². The van der Waals surface area contributed by atoms with Crippen molar-refractivity contribution in [2.24, 2.45) is 11.8 Å². The summed E-state index contributed by atoms with van der Waals surface area (Å²) in [6, 6.07) is 0. The van der Waals surface area contributed by atoms with Crippen molar-refractivity contribution in [3.05, 3.63) is 20.2 Å². The minimum absolute atomic E-state index is 0.519. The molecule has 1 heterocycles. The van der Waals surface area contributed by atoms with Gasteiger partial charge in [0.05, 0.1) is 9.26 Å². The molecule has 1 aromatic rings. The molecule has 19 heavy (non-hydrogen) atoms. The summed E-state index contributed by atoms with van der Waals surface area (Å²) in [5, 5.41) is 0.640. The molecule has 2 rings (SSSR count). The van der Waals surface area contributed by atoms with Gasteiger partial charge in [-0.1, -0.05) is 38.8 Å². The van der Waals surface area contributed by atoms with Crippen molar-refractivity contribution in [3.63, 3.8) is 0 Å². The maximum atomic E-state index is 6.29. The molecular formula is C15H22ClIN2. The van der Waals surface area contributed by atoms with Gasteiger partial charge in [0, 0.05) is 5.92 Å². The van der Waals surface area contributed by atoms with E-state index in [0.29, 0.717) is 17.0 Å². The van der Waals surface area contributed by atoms with Crippen molar-refractivity contribution in [1.29, 1.82) is 0 Å². The smallest absolute Gasteiger partial charge is 0.146 e. The average molecular weight is 393 g/mol. The monoisotopic (exact) mass is 392 g/mol. The minimum atomic E-state index is 0.519. The van der Waals surface area contributed by atoms with Gasteiger partial charge in [-0.15, -0.1) is 0 Å². The van der Waals surface area contributed by atoms with Crippen LogP contribution < -0.4 is 0 Å². The van der Waals surface area contributed by atoms with Gasteiger partial charge in [-0.25, -0.2) is 9.97 Å². The molecule has 0 N–H and O–H groups in total. The van der Waals surface area contributed by atoms with Gasteiger partial charge < -0.3 is 0 Å². The van der Waals surface area contributed by atoms with E-state index < -0.39 is 0 Å². The largest absolute Gasteiger partial charge is 0.236 e. The van der Waals surface area contributed by atoms with Crippen molar-refractivity contribution in [3.8, 4) is 0 Å². The summed E-state index contributed by atoms with van der Waals surface area (Å²) < 4.78 is 1.03. The summed E-state index contributed by atoms with van der Waals surface area (Å²) in [6.07, 6.45) is 6.02. The van der Waals surface area contributed by atoms with E-state index in [1.165, 1.54) is 25.7 Å². The van der Waals surface area contributed by atoms with Crippen LogP contribution in [0.4, 0.5) is 0 Å². The Bertz CT molecular complexity index is 448. The molecule has 0 aliphatic heterocycles. The van der Waals surface area contributed by atoms with Crippen LogP contribution in [-0.4, -0.2) is 9.97 Å². The van der Waals surface area contributed by atoms with Crippen molar-refractivity contribution >= 4 is 34.2 Å². The summed E-state index contributed by atoms with van der Waals surface area (Å²) in [7, 11) is 0. The van der Waals surface area contributed by atoms with Crippen LogP contribution in [0.3, 0.4) is 0 Å². The second-order valence-corrected chi connectivity index (χ2v) is 7.45. The fourth-order valence-electron chi connectivity index (χ4n) is 2.87. The zero-order chi connectivity index (χ0) is 14.0. The molecule has 1 aromatic heterocycles. The van der Waals surface area contributed by atoms with Gasteiger partial charge in [0.25, 0.3) is 0 Å². The Balaban J connectivity index is 2.24.